The minimum absolute atomic E-state index is 0.248. The first kappa shape index (κ1) is 19.9. The first-order chi connectivity index (χ1) is 12.9. The third kappa shape index (κ3) is 5.33. The molecule has 0 amide bonds. The van der Waals surface area contributed by atoms with Crippen LogP contribution in [-0.2, 0) is 13.2 Å². The minimum atomic E-state index is -0.248. The number of benzene rings is 3. The molecule has 2 nitrogen and oxygen atoms in total. The summed E-state index contributed by atoms with van der Waals surface area (Å²) in [5.74, 6) is 0.528. The average molecular weight is 493 g/mol. The summed E-state index contributed by atoms with van der Waals surface area (Å²) in [4.78, 5) is 0. The van der Waals surface area contributed by atoms with E-state index >= 15 is 0 Å². The van der Waals surface area contributed by atoms with Crippen LogP contribution in [0.25, 0.3) is 0 Å². The number of aryl methyl sites for hydroxylation is 2. The second kappa shape index (κ2) is 8.89. The topological polar surface area (TPSA) is 21.3 Å². The van der Waals surface area contributed by atoms with E-state index in [2.05, 4.69) is 69.2 Å². The second-order valence-corrected chi connectivity index (χ2v) is 8.21. The van der Waals surface area contributed by atoms with Gasteiger partial charge in [0.05, 0.1) is 4.47 Å². The molecule has 0 saturated carbocycles. The van der Waals surface area contributed by atoms with Crippen LogP contribution in [0.1, 0.15) is 22.3 Å². The van der Waals surface area contributed by atoms with Crippen molar-refractivity contribution in [2.75, 3.05) is 5.32 Å². The van der Waals surface area contributed by atoms with Crippen molar-refractivity contribution in [3.8, 4) is 5.75 Å². The van der Waals surface area contributed by atoms with Gasteiger partial charge in [0.25, 0.3) is 0 Å². The van der Waals surface area contributed by atoms with Gasteiger partial charge in [0.1, 0.15) is 18.2 Å². The molecule has 0 radical (unpaired) electrons. The Morgan fingerprint density at radius 1 is 0.926 bits per heavy atom. The van der Waals surface area contributed by atoms with Crippen molar-refractivity contribution < 1.29 is 9.13 Å². The van der Waals surface area contributed by atoms with Gasteiger partial charge in [-0.2, -0.15) is 0 Å². The SMILES string of the molecule is Cc1ccc(NCc2cc(Br)cc(Br)c2OCc2ccc(F)cc2)cc1C. The summed E-state index contributed by atoms with van der Waals surface area (Å²) < 4.78 is 21.0. The van der Waals surface area contributed by atoms with E-state index in [1.807, 2.05) is 12.1 Å². The standard InChI is InChI=1S/C22H20Br2FNO/c1-14-3-8-20(9-15(14)2)26-12-17-10-18(23)11-21(24)22(17)27-13-16-4-6-19(25)7-5-16/h3-11,26H,12-13H2,1-2H3. The summed E-state index contributed by atoms with van der Waals surface area (Å²) in [5, 5.41) is 3.46. The maximum absolute atomic E-state index is 13.1. The molecule has 1 N–H and O–H groups in total. The number of rotatable bonds is 6. The summed E-state index contributed by atoms with van der Waals surface area (Å²) in [6, 6.07) is 16.7. The highest BCUT2D eigenvalue weighted by Gasteiger charge is 2.11. The third-order valence-corrected chi connectivity index (χ3v) is 5.42. The second-order valence-electron chi connectivity index (χ2n) is 6.44. The molecule has 0 aliphatic rings. The van der Waals surface area contributed by atoms with E-state index in [0.717, 1.165) is 31.5 Å². The van der Waals surface area contributed by atoms with Gasteiger partial charge in [-0.1, -0.05) is 34.1 Å². The largest absolute Gasteiger partial charge is 0.487 e. The van der Waals surface area contributed by atoms with Gasteiger partial charge in [-0.15, -0.1) is 0 Å². The Kier molecular flexibility index (Phi) is 6.55. The van der Waals surface area contributed by atoms with Crippen LogP contribution in [0, 0.1) is 19.7 Å². The van der Waals surface area contributed by atoms with Gasteiger partial charge in [-0.3, -0.25) is 0 Å². The molecule has 140 valence electrons. The van der Waals surface area contributed by atoms with E-state index < -0.39 is 0 Å². The summed E-state index contributed by atoms with van der Waals surface area (Å²) in [6.45, 7) is 5.20. The van der Waals surface area contributed by atoms with Gasteiger partial charge in [0.15, 0.2) is 0 Å². The molecule has 0 saturated heterocycles. The molecule has 0 fully saturated rings. The molecule has 0 aromatic heterocycles. The average Bonchev–Trinajstić information content (AvgIpc) is 2.63. The molecule has 0 heterocycles. The normalized spacial score (nSPS) is 10.7. The number of nitrogens with one attached hydrogen (secondary N) is 1. The molecule has 0 atom stereocenters. The molecule has 5 heteroatoms. The Bertz CT molecular complexity index is 942. The van der Waals surface area contributed by atoms with E-state index in [1.165, 1.54) is 23.3 Å². The van der Waals surface area contributed by atoms with E-state index in [-0.39, 0.29) is 5.82 Å². The number of ether oxygens (including phenoxy) is 1. The lowest BCUT2D eigenvalue weighted by atomic mass is 10.1. The van der Waals surface area contributed by atoms with Crippen LogP contribution in [0.4, 0.5) is 10.1 Å². The Balaban J connectivity index is 1.77. The highest BCUT2D eigenvalue weighted by atomic mass is 79.9. The molecular weight excluding hydrogens is 473 g/mol. The molecule has 0 aliphatic heterocycles. The molecule has 3 aromatic carbocycles. The van der Waals surface area contributed by atoms with Crippen molar-refractivity contribution in [1.29, 1.82) is 0 Å². The van der Waals surface area contributed by atoms with Crippen LogP contribution >= 0.6 is 31.9 Å². The van der Waals surface area contributed by atoms with Crippen LogP contribution in [-0.4, -0.2) is 0 Å². The van der Waals surface area contributed by atoms with Crippen molar-refractivity contribution in [2.45, 2.75) is 27.0 Å². The summed E-state index contributed by atoms with van der Waals surface area (Å²) in [6.07, 6.45) is 0. The number of hydrogen-bond acceptors (Lipinski definition) is 2. The first-order valence-electron chi connectivity index (χ1n) is 8.58. The Hall–Kier alpha value is -1.85. The molecule has 0 bridgehead atoms. The van der Waals surface area contributed by atoms with Crippen molar-refractivity contribution in [1.82, 2.24) is 0 Å². The fraction of sp³-hybridized carbons (Fsp3) is 0.182. The van der Waals surface area contributed by atoms with E-state index in [9.17, 15) is 4.39 Å². The maximum atomic E-state index is 13.1. The van der Waals surface area contributed by atoms with Crippen molar-refractivity contribution >= 4 is 37.5 Å². The summed E-state index contributed by atoms with van der Waals surface area (Å²) in [5.41, 5.74) is 5.53. The van der Waals surface area contributed by atoms with Crippen LogP contribution in [0.15, 0.2) is 63.5 Å². The maximum Gasteiger partial charge on any atom is 0.139 e. The number of hydrogen-bond donors (Lipinski definition) is 1. The van der Waals surface area contributed by atoms with Gasteiger partial charge in [0, 0.05) is 22.3 Å². The third-order valence-electron chi connectivity index (χ3n) is 4.37. The zero-order chi connectivity index (χ0) is 19.4. The first-order valence-corrected chi connectivity index (χ1v) is 10.2. The van der Waals surface area contributed by atoms with E-state index in [4.69, 9.17) is 4.74 Å². The van der Waals surface area contributed by atoms with Crippen molar-refractivity contribution in [3.63, 3.8) is 0 Å². The van der Waals surface area contributed by atoms with Gasteiger partial charge in [-0.25, -0.2) is 4.39 Å². The zero-order valence-electron chi connectivity index (χ0n) is 15.2. The fourth-order valence-electron chi connectivity index (χ4n) is 2.69. The van der Waals surface area contributed by atoms with E-state index in [1.54, 1.807) is 12.1 Å². The van der Waals surface area contributed by atoms with Crippen LogP contribution in [0.2, 0.25) is 0 Å². The molecule has 0 aliphatic carbocycles. The molecular formula is C22H20Br2FNO. The van der Waals surface area contributed by atoms with Crippen molar-refractivity contribution in [2.24, 2.45) is 0 Å². The lowest BCUT2D eigenvalue weighted by Gasteiger charge is -2.16. The summed E-state index contributed by atoms with van der Waals surface area (Å²) >= 11 is 7.13. The molecule has 3 rings (SSSR count). The van der Waals surface area contributed by atoms with Crippen LogP contribution in [0.3, 0.4) is 0 Å². The van der Waals surface area contributed by atoms with Crippen LogP contribution < -0.4 is 10.1 Å². The van der Waals surface area contributed by atoms with Crippen molar-refractivity contribution in [3.05, 3.63) is 91.6 Å². The van der Waals surface area contributed by atoms with Gasteiger partial charge < -0.3 is 10.1 Å². The molecule has 3 aromatic rings. The zero-order valence-corrected chi connectivity index (χ0v) is 18.3. The van der Waals surface area contributed by atoms with Gasteiger partial charge in [-0.05, 0) is 82.9 Å². The lowest BCUT2D eigenvalue weighted by Crippen LogP contribution is -2.05. The predicted octanol–water partition coefficient (Wildman–Crippen LogP) is 7.16. The summed E-state index contributed by atoms with van der Waals surface area (Å²) in [7, 11) is 0. The minimum Gasteiger partial charge on any atom is -0.487 e. The molecule has 0 unspecified atom stereocenters. The highest BCUT2D eigenvalue weighted by molar-refractivity contribution is 9.11. The molecule has 27 heavy (non-hydrogen) atoms. The highest BCUT2D eigenvalue weighted by Crippen LogP contribution is 2.34. The Morgan fingerprint density at radius 3 is 2.37 bits per heavy atom. The fourth-order valence-corrected chi connectivity index (χ4v) is 4.12. The number of halogens is 3. The van der Waals surface area contributed by atoms with Crippen LogP contribution in [0.5, 0.6) is 5.75 Å². The van der Waals surface area contributed by atoms with Gasteiger partial charge in [0.2, 0.25) is 0 Å². The Labute approximate surface area is 176 Å². The predicted molar refractivity (Wildman–Crippen MR) is 116 cm³/mol. The quantitative estimate of drug-likeness (QED) is 0.394. The smallest absolute Gasteiger partial charge is 0.139 e. The number of anilines is 1. The van der Waals surface area contributed by atoms with E-state index in [0.29, 0.717) is 13.2 Å². The Morgan fingerprint density at radius 2 is 1.67 bits per heavy atom. The lowest BCUT2D eigenvalue weighted by molar-refractivity contribution is 0.301. The molecule has 0 spiro atoms. The van der Waals surface area contributed by atoms with Gasteiger partial charge >= 0.3 is 0 Å². The monoisotopic (exact) mass is 491 g/mol.